The molecule has 0 aliphatic carbocycles. The van der Waals surface area contributed by atoms with Gasteiger partial charge in [-0.3, -0.25) is 14.7 Å². The Kier molecular flexibility index (Phi) is 4.60. The Balaban J connectivity index is 1.77. The van der Waals surface area contributed by atoms with Gasteiger partial charge >= 0.3 is 0 Å². The second-order valence-corrected chi connectivity index (χ2v) is 7.02. The molecule has 0 radical (unpaired) electrons. The Morgan fingerprint density at radius 1 is 1.12 bits per heavy atom. The first-order valence-corrected chi connectivity index (χ1v) is 9.08. The quantitative estimate of drug-likeness (QED) is 0.519. The normalized spacial score (nSPS) is 10.8. The summed E-state index contributed by atoms with van der Waals surface area (Å²) in [6.07, 6.45) is 4.51. The van der Waals surface area contributed by atoms with Crippen LogP contribution in [0.15, 0.2) is 67.1 Å². The zero-order chi connectivity index (χ0) is 17.9. The molecular formula is C19H13ClN4OS. The minimum absolute atomic E-state index is 0.243. The van der Waals surface area contributed by atoms with Gasteiger partial charge < -0.3 is 0 Å². The zero-order valence-electron chi connectivity index (χ0n) is 13.5. The van der Waals surface area contributed by atoms with E-state index >= 15 is 0 Å². The Morgan fingerprint density at radius 2 is 1.96 bits per heavy atom. The van der Waals surface area contributed by atoms with Crippen molar-refractivity contribution in [1.82, 2.24) is 15.0 Å². The predicted octanol–water partition coefficient (Wildman–Crippen LogP) is 4.59. The van der Waals surface area contributed by atoms with Crippen LogP contribution in [-0.4, -0.2) is 20.9 Å². The number of aromatic nitrogens is 3. The van der Waals surface area contributed by atoms with Crippen molar-refractivity contribution in [3.05, 3.63) is 83.4 Å². The van der Waals surface area contributed by atoms with Crippen molar-refractivity contribution in [3.63, 3.8) is 0 Å². The minimum Gasteiger partial charge on any atom is -0.278 e. The lowest BCUT2D eigenvalue weighted by Crippen LogP contribution is -2.31. The number of nitrogens with zero attached hydrogens (tertiary/aromatic N) is 4. The molecule has 2 aromatic heterocycles. The van der Waals surface area contributed by atoms with Crippen LogP contribution in [-0.2, 0) is 6.54 Å². The summed E-state index contributed by atoms with van der Waals surface area (Å²) in [7, 11) is 0. The molecule has 4 aromatic rings. The van der Waals surface area contributed by atoms with E-state index in [0.29, 0.717) is 16.7 Å². The topological polar surface area (TPSA) is 59.0 Å². The Morgan fingerprint density at radius 3 is 2.73 bits per heavy atom. The van der Waals surface area contributed by atoms with Crippen LogP contribution in [0.2, 0.25) is 5.02 Å². The van der Waals surface area contributed by atoms with E-state index in [9.17, 15) is 4.79 Å². The number of halogens is 1. The lowest BCUT2D eigenvalue weighted by Gasteiger charge is -2.19. The number of carbonyl (C=O) groups is 1. The minimum atomic E-state index is -0.243. The third-order valence-corrected chi connectivity index (χ3v) is 5.06. The maximum absolute atomic E-state index is 13.1. The van der Waals surface area contributed by atoms with Gasteiger partial charge in [-0.25, -0.2) is 9.97 Å². The van der Waals surface area contributed by atoms with Gasteiger partial charge in [0.25, 0.3) is 5.91 Å². The van der Waals surface area contributed by atoms with Gasteiger partial charge in [0.05, 0.1) is 23.0 Å². The summed E-state index contributed by atoms with van der Waals surface area (Å²) in [5, 5.41) is 1.24. The van der Waals surface area contributed by atoms with Crippen LogP contribution in [0.25, 0.3) is 10.2 Å². The van der Waals surface area contributed by atoms with E-state index in [1.165, 1.54) is 29.9 Å². The van der Waals surface area contributed by atoms with Crippen molar-refractivity contribution in [2.24, 2.45) is 0 Å². The van der Waals surface area contributed by atoms with Gasteiger partial charge in [0.15, 0.2) is 5.13 Å². The highest BCUT2D eigenvalue weighted by Gasteiger charge is 2.23. The number of hydrogen-bond donors (Lipinski definition) is 0. The third-order valence-electron chi connectivity index (χ3n) is 3.78. The second-order valence-electron chi connectivity index (χ2n) is 5.58. The van der Waals surface area contributed by atoms with Crippen molar-refractivity contribution in [2.75, 3.05) is 4.90 Å². The molecular weight excluding hydrogens is 368 g/mol. The molecule has 5 nitrogen and oxygen atoms in total. The van der Waals surface area contributed by atoms with E-state index in [-0.39, 0.29) is 11.6 Å². The van der Waals surface area contributed by atoms with Crippen LogP contribution in [0, 0.1) is 0 Å². The van der Waals surface area contributed by atoms with E-state index in [4.69, 9.17) is 11.6 Å². The van der Waals surface area contributed by atoms with Gasteiger partial charge in [-0.1, -0.05) is 53.3 Å². The number of hydrogen-bond acceptors (Lipinski definition) is 5. The molecule has 0 fully saturated rings. The summed E-state index contributed by atoms with van der Waals surface area (Å²) in [6.45, 7) is 0.393. The van der Waals surface area contributed by atoms with Crippen molar-refractivity contribution >= 4 is 44.2 Å². The van der Waals surface area contributed by atoms with Crippen molar-refractivity contribution < 1.29 is 4.79 Å². The van der Waals surface area contributed by atoms with Crippen molar-refractivity contribution in [3.8, 4) is 0 Å². The van der Waals surface area contributed by atoms with E-state index in [1.807, 2.05) is 42.5 Å². The fourth-order valence-corrected chi connectivity index (χ4v) is 3.78. The third kappa shape index (κ3) is 3.42. The standard InChI is InChI=1S/C19H13ClN4OS/c20-14-6-7-15-17(10-14)26-19(23-15)24(12-13-4-2-1-3-5-13)18(25)16-11-21-8-9-22-16/h1-11H,12H2. The lowest BCUT2D eigenvalue weighted by atomic mass is 10.2. The van der Waals surface area contributed by atoms with Crippen LogP contribution >= 0.6 is 22.9 Å². The smallest absolute Gasteiger partial charge is 0.278 e. The molecule has 0 aliphatic heterocycles. The van der Waals surface area contributed by atoms with E-state index in [2.05, 4.69) is 15.0 Å². The SMILES string of the molecule is O=C(c1cnccn1)N(Cc1ccccc1)c1nc2ccc(Cl)cc2s1. The molecule has 26 heavy (non-hydrogen) atoms. The first-order chi connectivity index (χ1) is 12.7. The highest BCUT2D eigenvalue weighted by molar-refractivity contribution is 7.22. The Labute approximate surface area is 158 Å². The van der Waals surface area contributed by atoms with E-state index < -0.39 is 0 Å². The molecule has 2 heterocycles. The Bertz CT molecular complexity index is 1050. The average Bonchev–Trinajstić information content (AvgIpc) is 3.10. The first kappa shape index (κ1) is 16.6. The molecule has 4 rings (SSSR count). The average molecular weight is 381 g/mol. The maximum atomic E-state index is 13.1. The number of fused-ring (bicyclic) bond motifs is 1. The fraction of sp³-hybridized carbons (Fsp3) is 0.0526. The molecule has 0 unspecified atom stereocenters. The lowest BCUT2D eigenvalue weighted by molar-refractivity contribution is 0.0980. The van der Waals surface area contributed by atoms with Crippen LogP contribution < -0.4 is 4.90 Å². The van der Waals surface area contributed by atoms with Gasteiger partial charge in [0.2, 0.25) is 0 Å². The molecule has 0 spiro atoms. The summed E-state index contributed by atoms with van der Waals surface area (Å²) in [5.41, 5.74) is 2.09. The van der Waals surface area contributed by atoms with Gasteiger partial charge in [-0.2, -0.15) is 0 Å². The predicted molar refractivity (Wildman–Crippen MR) is 104 cm³/mol. The van der Waals surface area contributed by atoms with Gasteiger partial charge in [0.1, 0.15) is 5.69 Å². The maximum Gasteiger partial charge on any atom is 0.280 e. The van der Waals surface area contributed by atoms with Crippen LogP contribution in [0.1, 0.15) is 16.1 Å². The van der Waals surface area contributed by atoms with Crippen LogP contribution in [0.3, 0.4) is 0 Å². The molecule has 0 bridgehead atoms. The van der Waals surface area contributed by atoms with Crippen LogP contribution in [0.4, 0.5) is 5.13 Å². The van der Waals surface area contributed by atoms with E-state index in [1.54, 1.807) is 11.0 Å². The number of anilines is 1. The van der Waals surface area contributed by atoms with Gasteiger partial charge in [0, 0.05) is 17.4 Å². The number of thiazole rings is 1. The summed E-state index contributed by atoms with van der Waals surface area (Å²) >= 11 is 7.50. The van der Waals surface area contributed by atoms with Gasteiger partial charge in [-0.05, 0) is 23.8 Å². The number of rotatable bonds is 4. The first-order valence-electron chi connectivity index (χ1n) is 7.88. The molecule has 0 saturated carbocycles. The van der Waals surface area contributed by atoms with Crippen molar-refractivity contribution in [2.45, 2.75) is 6.54 Å². The number of benzene rings is 2. The molecule has 2 aromatic carbocycles. The highest BCUT2D eigenvalue weighted by atomic mass is 35.5. The molecule has 0 saturated heterocycles. The summed E-state index contributed by atoms with van der Waals surface area (Å²) < 4.78 is 0.928. The fourth-order valence-electron chi connectivity index (χ4n) is 2.54. The zero-order valence-corrected chi connectivity index (χ0v) is 15.1. The number of amides is 1. The summed E-state index contributed by atoms with van der Waals surface area (Å²) in [4.78, 5) is 27.4. The molecule has 7 heteroatoms. The highest BCUT2D eigenvalue weighted by Crippen LogP contribution is 2.32. The van der Waals surface area contributed by atoms with E-state index in [0.717, 1.165) is 15.8 Å². The molecule has 0 aliphatic rings. The summed E-state index contributed by atoms with van der Waals surface area (Å²) in [5.74, 6) is -0.243. The molecule has 128 valence electrons. The Hall–Kier alpha value is -2.83. The molecule has 0 N–H and O–H groups in total. The largest absolute Gasteiger partial charge is 0.280 e. The summed E-state index contributed by atoms with van der Waals surface area (Å²) in [6, 6.07) is 15.3. The second kappa shape index (κ2) is 7.19. The van der Waals surface area contributed by atoms with Crippen molar-refractivity contribution in [1.29, 1.82) is 0 Å². The van der Waals surface area contributed by atoms with Gasteiger partial charge in [-0.15, -0.1) is 0 Å². The number of carbonyl (C=O) groups excluding carboxylic acids is 1. The molecule has 0 atom stereocenters. The monoisotopic (exact) mass is 380 g/mol. The molecule has 1 amide bonds. The van der Waals surface area contributed by atoms with Crippen LogP contribution in [0.5, 0.6) is 0 Å².